The van der Waals surface area contributed by atoms with E-state index in [1.807, 2.05) is 17.5 Å². The predicted octanol–water partition coefficient (Wildman–Crippen LogP) is 3.11. The molecular formula is C22H20ClN7O2S. The SMILES string of the molecule is Nc1nc(N2CCN(C(=O)COc3ccc(Cl)cc3)CC2)c2nc(-c3cccs3)cnc2n1. The largest absolute Gasteiger partial charge is 0.484 e. The number of rotatable bonds is 5. The van der Waals surface area contributed by atoms with Crippen molar-refractivity contribution in [3.8, 4) is 16.3 Å². The summed E-state index contributed by atoms with van der Waals surface area (Å²) < 4.78 is 5.59. The standard InChI is InChI=1S/C22H20ClN7O2S/c23-14-3-5-15(6-4-14)32-13-18(31)29-7-9-30(10-8-29)21-19-20(27-22(24)28-21)25-12-16(26-19)17-2-1-11-33-17/h1-6,11-12H,7-10,13H2,(H2,24,25,27,28). The Morgan fingerprint density at radius 2 is 1.88 bits per heavy atom. The predicted molar refractivity (Wildman–Crippen MR) is 129 cm³/mol. The van der Waals surface area contributed by atoms with Crippen molar-refractivity contribution in [1.29, 1.82) is 0 Å². The Morgan fingerprint density at radius 3 is 2.61 bits per heavy atom. The van der Waals surface area contributed by atoms with E-state index in [2.05, 4.69) is 19.9 Å². The lowest BCUT2D eigenvalue weighted by Crippen LogP contribution is -2.50. The van der Waals surface area contributed by atoms with Gasteiger partial charge in [0.05, 0.1) is 16.8 Å². The van der Waals surface area contributed by atoms with Crippen LogP contribution in [-0.2, 0) is 4.79 Å². The fourth-order valence-corrected chi connectivity index (χ4v) is 4.41. The minimum Gasteiger partial charge on any atom is -0.484 e. The number of nitrogen functional groups attached to an aromatic ring is 1. The van der Waals surface area contributed by atoms with Crippen LogP contribution in [0, 0.1) is 0 Å². The van der Waals surface area contributed by atoms with E-state index in [4.69, 9.17) is 27.1 Å². The second kappa shape index (κ2) is 9.16. The van der Waals surface area contributed by atoms with Crippen LogP contribution < -0.4 is 15.4 Å². The van der Waals surface area contributed by atoms with Crippen LogP contribution in [0.2, 0.25) is 5.02 Å². The molecule has 4 heterocycles. The molecule has 1 fully saturated rings. The molecule has 9 nitrogen and oxygen atoms in total. The molecule has 0 bridgehead atoms. The Bertz CT molecular complexity index is 1280. The molecule has 0 saturated carbocycles. The van der Waals surface area contributed by atoms with Crippen molar-refractivity contribution >= 4 is 51.8 Å². The first-order chi connectivity index (χ1) is 16.1. The molecule has 2 N–H and O–H groups in total. The Kier molecular flexibility index (Phi) is 5.93. The first kappa shape index (κ1) is 21.4. The van der Waals surface area contributed by atoms with E-state index in [-0.39, 0.29) is 18.5 Å². The molecule has 1 aliphatic rings. The van der Waals surface area contributed by atoms with Gasteiger partial charge in [0.25, 0.3) is 5.91 Å². The molecule has 1 saturated heterocycles. The van der Waals surface area contributed by atoms with Crippen molar-refractivity contribution in [2.24, 2.45) is 0 Å². The summed E-state index contributed by atoms with van der Waals surface area (Å²) in [6.07, 6.45) is 1.70. The number of carbonyl (C=O) groups is 1. The lowest BCUT2D eigenvalue weighted by molar-refractivity contribution is -0.133. The number of nitrogens with zero attached hydrogens (tertiary/aromatic N) is 6. The summed E-state index contributed by atoms with van der Waals surface area (Å²) in [4.78, 5) is 35.4. The van der Waals surface area contributed by atoms with Gasteiger partial charge < -0.3 is 20.3 Å². The Morgan fingerprint density at radius 1 is 1.09 bits per heavy atom. The third-order valence-corrected chi connectivity index (χ3v) is 6.43. The highest BCUT2D eigenvalue weighted by atomic mass is 35.5. The molecule has 1 amide bonds. The van der Waals surface area contributed by atoms with E-state index in [0.29, 0.717) is 53.9 Å². The second-order valence-corrected chi connectivity index (χ2v) is 8.80. The average Bonchev–Trinajstić information content (AvgIpc) is 3.38. The molecule has 33 heavy (non-hydrogen) atoms. The summed E-state index contributed by atoms with van der Waals surface area (Å²) in [5.41, 5.74) is 7.75. The topological polar surface area (TPSA) is 110 Å². The number of thiophene rings is 1. The number of nitrogens with two attached hydrogens (primary N) is 1. The smallest absolute Gasteiger partial charge is 0.260 e. The van der Waals surface area contributed by atoms with Crippen molar-refractivity contribution in [2.75, 3.05) is 43.4 Å². The lowest BCUT2D eigenvalue weighted by Gasteiger charge is -2.35. The quantitative estimate of drug-likeness (QED) is 0.463. The number of fused-ring (bicyclic) bond motifs is 1. The Labute approximate surface area is 198 Å². The van der Waals surface area contributed by atoms with Gasteiger partial charge >= 0.3 is 0 Å². The average molecular weight is 482 g/mol. The molecule has 11 heteroatoms. The minimum atomic E-state index is -0.0727. The van der Waals surface area contributed by atoms with E-state index in [0.717, 1.165) is 10.6 Å². The van der Waals surface area contributed by atoms with Crippen LogP contribution in [0.5, 0.6) is 5.75 Å². The molecule has 1 aliphatic heterocycles. The van der Waals surface area contributed by atoms with E-state index >= 15 is 0 Å². The van der Waals surface area contributed by atoms with Gasteiger partial charge in [-0.3, -0.25) is 4.79 Å². The van der Waals surface area contributed by atoms with Crippen LogP contribution in [0.1, 0.15) is 0 Å². The van der Waals surface area contributed by atoms with Crippen LogP contribution >= 0.6 is 22.9 Å². The number of ether oxygens (including phenoxy) is 1. The van der Waals surface area contributed by atoms with Gasteiger partial charge in [0.1, 0.15) is 5.75 Å². The van der Waals surface area contributed by atoms with E-state index < -0.39 is 0 Å². The monoisotopic (exact) mass is 481 g/mol. The fourth-order valence-electron chi connectivity index (χ4n) is 3.61. The molecule has 0 unspecified atom stereocenters. The van der Waals surface area contributed by atoms with Crippen molar-refractivity contribution in [2.45, 2.75) is 0 Å². The lowest BCUT2D eigenvalue weighted by atomic mass is 10.3. The number of benzene rings is 1. The summed E-state index contributed by atoms with van der Waals surface area (Å²) in [6, 6.07) is 10.9. The van der Waals surface area contributed by atoms with Gasteiger partial charge in [-0.1, -0.05) is 17.7 Å². The number of hydrogen-bond acceptors (Lipinski definition) is 9. The molecule has 3 aromatic heterocycles. The van der Waals surface area contributed by atoms with Gasteiger partial charge in [0.15, 0.2) is 23.6 Å². The molecule has 1 aromatic carbocycles. The zero-order chi connectivity index (χ0) is 22.8. The minimum absolute atomic E-state index is 0.0271. The van der Waals surface area contributed by atoms with Gasteiger partial charge in [-0.25, -0.2) is 9.97 Å². The zero-order valence-corrected chi connectivity index (χ0v) is 19.1. The van der Waals surface area contributed by atoms with Gasteiger partial charge in [0.2, 0.25) is 5.95 Å². The summed E-state index contributed by atoms with van der Waals surface area (Å²) in [6.45, 7) is 2.21. The highest BCUT2D eigenvalue weighted by molar-refractivity contribution is 7.13. The van der Waals surface area contributed by atoms with Gasteiger partial charge in [0, 0.05) is 31.2 Å². The number of aromatic nitrogens is 4. The molecule has 0 atom stereocenters. The van der Waals surface area contributed by atoms with Crippen molar-refractivity contribution in [1.82, 2.24) is 24.8 Å². The maximum Gasteiger partial charge on any atom is 0.260 e. The van der Waals surface area contributed by atoms with Crippen LogP contribution in [0.3, 0.4) is 0 Å². The zero-order valence-electron chi connectivity index (χ0n) is 17.5. The van der Waals surface area contributed by atoms with E-state index in [1.165, 1.54) is 0 Å². The van der Waals surface area contributed by atoms with Crippen LogP contribution in [0.4, 0.5) is 11.8 Å². The maximum atomic E-state index is 12.6. The highest BCUT2D eigenvalue weighted by Crippen LogP contribution is 2.28. The Balaban J connectivity index is 1.29. The van der Waals surface area contributed by atoms with Crippen molar-refractivity contribution in [3.63, 3.8) is 0 Å². The first-order valence-electron chi connectivity index (χ1n) is 10.3. The molecule has 0 spiro atoms. The summed E-state index contributed by atoms with van der Waals surface area (Å²) in [5, 5.41) is 2.61. The van der Waals surface area contributed by atoms with E-state index in [9.17, 15) is 4.79 Å². The molecular weight excluding hydrogens is 462 g/mol. The number of carbonyl (C=O) groups excluding carboxylic acids is 1. The summed E-state index contributed by atoms with van der Waals surface area (Å²) in [7, 11) is 0. The summed E-state index contributed by atoms with van der Waals surface area (Å²) >= 11 is 7.47. The second-order valence-electron chi connectivity index (χ2n) is 7.42. The maximum absolute atomic E-state index is 12.6. The molecule has 0 aliphatic carbocycles. The summed E-state index contributed by atoms with van der Waals surface area (Å²) in [5.74, 6) is 1.31. The number of anilines is 2. The van der Waals surface area contributed by atoms with Gasteiger partial charge in [-0.05, 0) is 35.7 Å². The van der Waals surface area contributed by atoms with Crippen molar-refractivity contribution < 1.29 is 9.53 Å². The number of piperazine rings is 1. The third-order valence-electron chi connectivity index (χ3n) is 5.29. The molecule has 0 radical (unpaired) electrons. The fraction of sp³-hybridized carbons (Fsp3) is 0.227. The van der Waals surface area contributed by atoms with E-state index in [1.54, 1.807) is 46.7 Å². The molecule has 168 valence electrons. The van der Waals surface area contributed by atoms with Crippen LogP contribution in [-0.4, -0.2) is 63.5 Å². The van der Waals surface area contributed by atoms with Gasteiger partial charge in [-0.15, -0.1) is 11.3 Å². The van der Waals surface area contributed by atoms with Crippen LogP contribution in [0.15, 0.2) is 48.0 Å². The van der Waals surface area contributed by atoms with Crippen LogP contribution in [0.25, 0.3) is 21.7 Å². The first-order valence-corrected chi connectivity index (χ1v) is 11.6. The van der Waals surface area contributed by atoms with Gasteiger partial charge in [-0.2, -0.15) is 9.97 Å². The number of hydrogen-bond donors (Lipinski definition) is 1. The number of halogens is 1. The normalized spacial score (nSPS) is 14.0. The molecule has 5 rings (SSSR count). The highest BCUT2D eigenvalue weighted by Gasteiger charge is 2.25. The Hall–Kier alpha value is -3.50. The number of amides is 1. The third kappa shape index (κ3) is 4.67. The molecule has 4 aromatic rings. The van der Waals surface area contributed by atoms with Crippen molar-refractivity contribution in [3.05, 3.63) is 53.0 Å².